The lowest BCUT2D eigenvalue weighted by Crippen LogP contribution is -2.19. The first-order valence-electron chi connectivity index (χ1n) is 6.17. The molecular formula is C13H15BrIN3S. The van der Waals surface area contributed by atoms with Crippen molar-refractivity contribution in [3.05, 3.63) is 31.2 Å². The Morgan fingerprint density at radius 3 is 2.84 bits per heavy atom. The molecular weight excluding hydrogens is 437 g/mol. The third-order valence-electron chi connectivity index (χ3n) is 2.76. The van der Waals surface area contributed by atoms with Gasteiger partial charge in [0.15, 0.2) is 0 Å². The number of rotatable bonds is 5. The molecule has 0 amide bonds. The van der Waals surface area contributed by atoms with Gasteiger partial charge in [0, 0.05) is 13.6 Å². The van der Waals surface area contributed by atoms with Gasteiger partial charge in [-0.1, -0.05) is 41.1 Å². The van der Waals surface area contributed by atoms with Crippen LogP contribution < -0.4 is 5.32 Å². The Labute approximate surface area is 139 Å². The van der Waals surface area contributed by atoms with Crippen molar-refractivity contribution in [3.63, 3.8) is 0 Å². The Hall–Kier alpha value is -0.0500. The van der Waals surface area contributed by atoms with Crippen LogP contribution in [0.3, 0.4) is 0 Å². The number of hydrogen-bond donors (Lipinski definition) is 1. The van der Waals surface area contributed by atoms with Gasteiger partial charge in [-0.25, -0.2) is 0 Å². The molecule has 1 aromatic heterocycles. The molecule has 1 unspecified atom stereocenters. The normalized spacial score (nSPS) is 12.6. The molecule has 2 rings (SSSR count). The molecule has 0 saturated carbocycles. The highest BCUT2D eigenvalue weighted by Crippen LogP contribution is 2.33. The summed E-state index contributed by atoms with van der Waals surface area (Å²) in [6.07, 6.45) is 1.02. The number of nitrogens with zero attached hydrogens (tertiary/aromatic N) is 2. The Morgan fingerprint density at radius 1 is 1.37 bits per heavy atom. The molecule has 0 saturated heterocycles. The van der Waals surface area contributed by atoms with Gasteiger partial charge in [-0.15, -0.1) is 10.2 Å². The van der Waals surface area contributed by atoms with Crippen LogP contribution >= 0.6 is 49.9 Å². The summed E-state index contributed by atoms with van der Waals surface area (Å²) in [4.78, 5) is 0. The zero-order chi connectivity index (χ0) is 13.8. The van der Waals surface area contributed by atoms with Gasteiger partial charge in [0.25, 0.3) is 0 Å². The molecule has 102 valence electrons. The molecule has 0 radical (unpaired) electrons. The molecule has 6 heteroatoms. The van der Waals surface area contributed by atoms with Gasteiger partial charge in [0.05, 0.1) is 6.04 Å². The van der Waals surface area contributed by atoms with Crippen LogP contribution in [0.1, 0.15) is 31.3 Å². The maximum Gasteiger partial charge on any atom is 0.149 e. The second kappa shape index (κ2) is 7.10. The van der Waals surface area contributed by atoms with Crippen molar-refractivity contribution in [1.82, 2.24) is 15.5 Å². The monoisotopic (exact) mass is 451 g/mol. The topological polar surface area (TPSA) is 37.8 Å². The maximum atomic E-state index is 4.34. The van der Waals surface area contributed by atoms with E-state index in [2.05, 4.69) is 86.1 Å². The van der Waals surface area contributed by atoms with Crippen LogP contribution in [-0.4, -0.2) is 16.7 Å². The van der Waals surface area contributed by atoms with Crippen LogP contribution in [-0.2, 0) is 0 Å². The van der Waals surface area contributed by atoms with Crippen LogP contribution in [0.4, 0.5) is 0 Å². The Balaban J connectivity index is 2.32. The lowest BCUT2D eigenvalue weighted by molar-refractivity contribution is 0.531. The largest absolute Gasteiger partial charge is 0.308 e. The van der Waals surface area contributed by atoms with E-state index in [1.807, 2.05) is 0 Å². The van der Waals surface area contributed by atoms with E-state index < -0.39 is 0 Å². The predicted octanol–water partition coefficient (Wildman–Crippen LogP) is 4.63. The molecule has 2 aromatic rings. The van der Waals surface area contributed by atoms with Gasteiger partial charge in [0.1, 0.15) is 10.0 Å². The first-order valence-corrected chi connectivity index (χ1v) is 8.86. The fraction of sp³-hybridized carbons (Fsp3) is 0.385. The summed E-state index contributed by atoms with van der Waals surface area (Å²) in [6.45, 7) is 5.22. The Kier molecular flexibility index (Phi) is 5.73. The highest BCUT2D eigenvalue weighted by Gasteiger charge is 2.16. The highest BCUT2D eigenvalue weighted by atomic mass is 127. The van der Waals surface area contributed by atoms with Gasteiger partial charge in [-0.3, -0.25) is 0 Å². The van der Waals surface area contributed by atoms with Crippen LogP contribution in [0.25, 0.3) is 10.6 Å². The molecule has 3 nitrogen and oxygen atoms in total. The minimum Gasteiger partial charge on any atom is -0.308 e. The van der Waals surface area contributed by atoms with E-state index in [1.165, 1.54) is 3.57 Å². The lowest BCUT2D eigenvalue weighted by atomic mass is 10.2. The van der Waals surface area contributed by atoms with Crippen molar-refractivity contribution in [3.8, 4) is 10.6 Å². The molecule has 0 bridgehead atoms. The fourth-order valence-corrected chi connectivity index (χ4v) is 3.89. The Morgan fingerprint density at radius 2 is 2.16 bits per heavy atom. The van der Waals surface area contributed by atoms with Crippen molar-refractivity contribution in [1.29, 1.82) is 0 Å². The zero-order valence-corrected chi connectivity index (χ0v) is 15.3. The molecule has 0 aliphatic carbocycles. The number of halogens is 2. The molecule has 0 spiro atoms. The van der Waals surface area contributed by atoms with E-state index >= 15 is 0 Å². The molecule has 1 aromatic carbocycles. The summed E-state index contributed by atoms with van der Waals surface area (Å²) in [5, 5.41) is 14.1. The van der Waals surface area contributed by atoms with E-state index in [0.717, 1.165) is 33.0 Å². The van der Waals surface area contributed by atoms with Crippen LogP contribution in [0.2, 0.25) is 0 Å². The van der Waals surface area contributed by atoms with Crippen molar-refractivity contribution in [2.75, 3.05) is 6.54 Å². The molecule has 1 N–H and O–H groups in total. The first kappa shape index (κ1) is 15.3. The molecule has 19 heavy (non-hydrogen) atoms. The summed E-state index contributed by atoms with van der Waals surface area (Å²) < 4.78 is 2.26. The summed E-state index contributed by atoms with van der Waals surface area (Å²) in [5.74, 6) is 0. The fourth-order valence-electron chi connectivity index (χ4n) is 1.80. The number of hydrogen-bond acceptors (Lipinski definition) is 4. The minimum atomic E-state index is 0.304. The van der Waals surface area contributed by atoms with Crippen LogP contribution in [0.5, 0.6) is 0 Å². The van der Waals surface area contributed by atoms with Crippen molar-refractivity contribution in [2.24, 2.45) is 0 Å². The van der Waals surface area contributed by atoms with Gasteiger partial charge in [-0.05, 0) is 53.8 Å². The second-order valence-electron chi connectivity index (χ2n) is 4.09. The van der Waals surface area contributed by atoms with Gasteiger partial charge in [-0.2, -0.15) is 0 Å². The van der Waals surface area contributed by atoms with Crippen molar-refractivity contribution in [2.45, 2.75) is 26.3 Å². The Bertz CT molecular complexity index is 559. The molecule has 0 aliphatic heterocycles. The predicted molar refractivity (Wildman–Crippen MR) is 92.5 cm³/mol. The summed E-state index contributed by atoms with van der Waals surface area (Å²) in [7, 11) is 0. The van der Waals surface area contributed by atoms with Crippen LogP contribution in [0.15, 0.2) is 22.7 Å². The highest BCUT2D eigenvalue weighted by molar-refractivity contribution is 14.1. The van der Waals surface area contributed by atoms with E-state index in [-0.39, 0.29) is 0 Å². The van der Waals surface area contributed by atoms with Gasteiger partial charge >= 0.3 is 0 Å². The third-order valence-corrected chi connectivity index (χ3v) is 5.19. The van der Waals surface area contributed by atoms with E-state index in [9.17, 15) is 0 Å². The second-order valence-corrected chi connectivity index (χ2v) is 7.20. The van der Waals surface area contributed by atoms with Crippen LogP contribution in [0, 0.1) is 3.57 Å². The molecule has 0 fully saturated rings. The number of aromatic nitrogens is 2. The van der Waals surface area contributed by atoms with Crippen molar-refractivity contribution >= 4 is 49.9 Å². The quantitative estimate of drug-likeness (QED) is 0.673. The smallest absolute Gasteiger partial charge is 0.149 e. The summed E-state index contributed by atoms with van der Waals surface area (Å²) in [6, 6.07) is 6.56. The lowest BCUT2D eigenvalue weighted by Gasteiger charge is -2.11. The van der Waals surface area contributed by atoms with Gasteiger partial charge in [0.2, 0.25) is 0 Å². The zero-order valence-electron chi connectivity index (χ0n) is 10.8. The average Bonchev–Trinajstić information content (AvgIpc) is 2.88. The number of nitrogens with one attached hydrogen (secondary N) is 1. The SMILES string of the molecule is CCNC(CC)c1nnc(-c2cc(I)ccc2Br)s1. The van der Waals surface area contributed by atoms with Crippen molar-refractivity contribution < 1.29 is 0 Å². The van der Waals surface area contributed by atoms with E-state index in [1.54, 1.807) is 11.3 Å². The molecule has 0 aliphatic rings. The number of benzene rings is 1. The third kappa shape index (κ3) is 3.74. The standard InChI is InChI=1S/C13H15BrIN3S/c1-3-11(16-4-2)13-18-17-12(19-13)9-7-8(15)5-6-10(9)14/h5-7,11,16H,3-4H2,1-2H3. The minimum absolute atomic E-state index is 0.304. The maximum absolute atomic E-state index is 4.34. The first-order chi connectivity index (χ1) is 9.15. The van der Waals surface area contributed by atoms with Gasteiger partial charge < -0.3 is 5.32 Å². The molecule has 1 atom stereocenters. The molecule has 1 heterocycles. The summed E-state index contributed by atoms with van der Waals surface area (Å²) >= 11 is 7.56. The average molecular weight is 452 g/mol. The van der Waals surface area contributed by atoms with E-state index in [0.29, 0.717) is 6.04 Å². The van der Waals surface area contributed by atoms with E-state index in [4.69, 9.17) is 0 Å². The summed E-state index contributed by atoms with van der Waals surface area (Å²) in [5.41, 5.74) is 1.11.